The predicted molar refractivity (Wildman–Crippen MR) is 127 cm³/mol. The first kappa shape index (κ1) is 23.2. The molecule has 1 aliphatic heterocycles. The molecule has 0 radical (unpaired) electrons. The van der Waals surface area contributed by atoms with Gasteiger partial charge in [0.05, 0.1) is 23.4 Å². The van der Waals surface area contributed by atoms with Gasteiger partial charge in [0.15, 0.2) is 5.78 Å². The molecule has 1 atom stereocenters. The van der Waals surface area contributed by atoms with Gasteiger partial charge in [-0.05, 0) is 61.6 Å². The number of hydrogen-bond acceptors (Lipinski definition) is 8. The second-order valence-corrected chi connectivity index (χ2v) is 11.6. The van der Waals surface area contributed by atoms with Crippen molar-refractivity contribution in [2.45, 2.75) is 41.6 Å². The molecule has 8 nitrogen and oxygen atoms in total. The van der Waals surface area contributed by atoms with Gasteiger partial charge >= 0.3 is 0 Å². The largest absolute Gasteiger partial charge is 0.411 e. The van der Waals surface area contributed by atoms with Crippen LogP contribution in [0.3, 0.4) is 0 Å². The number of aromatic nitrogens is 2. The zero-order chi connectivity index (χ0) is 23.7. The number of carbonyl (C=O) groups excluding carboxylic acids is 1. The summed E-state index contributed by atoms with van der Waals surface area (Å²) in [6.07, 6.45) is 3.23. The van der Waals surface area contributed by atoms with Crippen molar-refractivity contribution < 1.29 is 22.4 Å². The Morgan fingerprint density at radius 3 is 2.68 bits per heavy atom. The molecule has 3 aromatic rings. The van der Waals surface area contributed by atoms with Crippen molar-refractivity contribution >= 4 is 27.6 Å². The second-order valence-electron chi connectivity index (χ2n) is 8.38. The number of thioether (sulfide) groups is 1. The monoisotopic (exact) mass is 499 g/mol. The number of benzene rings is 2. The molecule has 0 N–H and O–H groups in total. The lowest BCUT2D eigenvalue weighted by Crippen LogP contribution is -2.40. The molecule has 0 saturated carbocycles. The maximum absolute atomic E-state index is 13.0. The van der Waals surface area contributed by atoms with E-state index < -0.39 is 15.3 Å². The highest BCUT2D eigenvalue weighted by atomic mass is 32.2. The van der Waals surface area contributed by atoms with E-state index in [1.165, 1.54) is 33.3 Å². The van der Waals surface area contributed by atoms with Crippen molar-refractivity contribution in [1.29, 1.82) is 0 Å². The third-order valence-corrected chi connectivity index (χ3v) is 8.95. The van der Waals surface area contributed by atoms with Crippen LogP contribution in [0.25, 0.3) is 11.5 Å². The average Bonchev–Trinajstić information content (AvgIpc) is 3.53. The minimum absolute atomic E-state index is 0.0121. The van der Waals surface area contributed by atoms with Gasteiger partial charge in [0.25, 0.3) is 5.22 Å². The third kappa shape index (κ3) is 4.68. The van der Waals surface area contributed by atoms with Gasteiger partial charge in [-0.15, -0.1) is 10.2 Å². The van der Waals surface area contributed by atoms with Crippen LogP contribution in [0.2, 0.25) is 0 Å². The van der Waals surface area contributed by atoms with E-state index >= 15 is 0 Å². The molecule has 5 rings (SSSR count). The number of carbonyl (C=O) groups is 1. The van der Waals surface area contributed by atoms with E-state index in [9.17, 15) is 13.2 Å². The SMILES string of the molecule is CC(Sc1nnc(-c2cccc(S(=O)(=O)N3CCOCC3)c2)o1)C(=O)c1ccc2c(c1)CCC2. The fourth-order valence-electron chi connectivity index (χ4n) is 4.26. The first-order valence-corrected chi connectivity index (χ1v) is 13.6. The van der Waals surface area contributed by atoms with Crippen LogP contribution >= 0.6 is 11.8 Å². The summed E-state index contributed by atoms with van der Waals surface area (Å²) in [6, 6.07) is 12.4. The maximum atomic E-state index is 13.0. The van der Waals surface area contributed by atoms with E-state index in [1.54, 1.807) is 18.2 Å². The zero-order valence-electron chi connectivity index (χ0n) is 18.8. The molecular weight excluding hydrogens is 474 g/mol. The summed E-state index contributed by atoms with van der Waals surface area (Å²) in [5.74, 6) is 0.219. The Bertz CT molecular complexity index is 1320. The van der Waals surface area contributed by atoms with Crippen molar-refractivity contribution in [2.75, 3.05) is 26.3 Å². The predicted octanol–water partition coefficient (Wildman–Crippen LogP) is 3.61. The summed E-state index contributed by atoms with van der Waals surface area (Å²) in [7, 11) is -3.64. The molecule has 0 spiro atoms. The summed E-state index contributed by atoms with van der Waals surface area (Å²) >= 11 is 1.20. The van der Waals surface area contributed by atoms with Crippen LogP contribution in [-0.2, 0) is 27.6 Å². The first-order chi connectivity index (χ1) is 16.4. The van der Waals surface area contributed by atoms with E-state index in [0.717, 1.165) is 19.3 Å². The number of hydrogen-bond donors (Lipinski definition) is 0. The van der Waals surface area contributed by atoms with Crippen LogP contribution < -0.4 is 0 Å². The Balaban J connectivity index is 1.30. The van der Waals surface area contributed by atoms with Gasteiger partial charge in [0.2, 0.25) is 15.9 Å². The third-order valence-electron chi connectivity index (χ3n) is 6.13. The number of ether oxygens (including phenoxy) is 1. The quantitative estimate of drug-likeness (QED) is 0.359. The van der Waals surface area contributed by atoms with E-state index in [2.05, 4.69) is 16.3 Å². The number of aryl methyl sites for hydroxylation is 2. The molecule has 1 fully saturated rings. The summed E-state index contributed by atoms with van der Waals surface area (Å²) in [5.41, 5.74) is 3.79. The minimum Gasteiger partial charge on any atom is -0.411 e. The Hall–Kier alpha value is -2.53. The fourth-order valence-corrected chi connectivity index (χ4v) is 6.48. The van der Waals surface area contributed by atoms with Crippen LogP contribution in [0.5, 0.6) is 0 Å². The fraction of sp³-hybridized carbons (Fsp3) is 0.375. The number of morpholine rings is 1. The minimum atomic E-state index is -3.64. The lowest BCUT2D eigenvalue weighted by molar-refractivity contribution is 0.0730. The number of sulfonamides is 1. The number of Topliss-reactive ketones (excluding diaryl/α,β-unsaturated/α-hetero) is 1. The van der Waals surface area contributed by atoms with Gasteiger partial charge in [-0.25, -0.2) is 8.42 Å². The van der Waals surface area contributed by atoms with Crippen LogP contribution in [0, 0.1) is 0 Å². The Kier molecular flexibility index (Phi) is 6.57. The Morgan fingerprint density at radius 1 is 1.06 bits per heavy atom. The lowest BCUT2D eigenvalue weighted by atomic mass is 10.0. The normalized spacial score (nSPS) is 17.4. The number of nitrogens with zero attached hydrogens (tertiary/aromatic N) is 3. The first-order valence-electron chi connectivity index (χ1n) is 11.3. The standard InChI is InChI=1S/C24H25N3O5S2/c1-16(22(28)19-9-8-17-4-2-5-18(17)14-19)33-24-26-25-23(32-24)20-6-3-7-21(15-20)34(29,30)27-10-12-31-13-11-27/h3,6-9,14-16H,2,4-5,10-13H2,1H3. The molecule has 0 bridgehead atoms. The maximum Gasteiger partial charge on any atom is 0.277 e. The highest BCUT2D eigenvalue weighted by molar-refractivity contribution is 8.00. The topological polar surface area (TPSA) is 103 Å². The van der Waals surface area contributed by atoms with Gasteiger partial charge in [-0.1, -0.05) is 30.0 Å². The summed E-state index contributed by atoms with van der Waals surface area (Å²) in [4.78, 5) is 13.1. The Labute approximate surface area is 202 Å². The van der Waals surface area contributed by atoms with Crippen molar-refractivity contribution in [3.8, 4) is 11.5 Å². The molecular formula is C24H25N3O5S2. The highest BCUT2D eigenvalue weighted by Gasteiger charge is 2.27. The number of ketones is 1. The van der Waals surface area contributed by atoms with Crippen molar-refractivity contribution in [1.82, 2.24) is 14.5 Å². The molecule has 1 unspecified atom stereocenters. The number of fused-ring (bicyclic) bond motifs is 1. The van der Waals surface area contributed by atoms with E-state index in [1.807, 2.05) is 19.1 Å². The number of rotatable bonds is 7. The smallest absolute Gasteiger partial charge is 0.277 e. The summed E-state index contributed by atoms with van der Waals surface area (Å²) in [5, 5.41) is 8.00. The van der Waals surface area contributed by atoms with Gasteiger partial charge in [0.1, 0.15) is 0 Å². The van der Waals surface area contributed by atoms with Crippen LogP contribution in [0.1, 0.15) is 34.8 Å². The average molecular weight is 500 g/mol. The van der Waals surface area contributed by atoms with Gasteiger partial charge in [-0.2, -0.15) is 4.31 Å². The summed E-state index contributed by atoms with van der Waals surface area (Å²) < 4.78 is 38.4. The van der Waals surface area contributed by atoms with Crippen LogP contribution in [0.4, 0.5) is 0 Å². The lowest BCUT2D eigenvalue weighted by Gasteiger charge is -2.26. The highest BCUT2D eigenvalue weighted by Crippen LogP contribution is 2.30. The Morgan fingerprint density at radius 2 is 1.85 bits per heavy atom. The molecule has 2 aliphatic rings. The molecule has 2 aromatic carbocycles. The molecule has 0 amide bonds. The van der Waals surface area contributed by atoms with E-state index in [4.69, 9.17) is 9.15 Å². The van der Waals surface area contributed by atoms with Gasteiger partial charge in [-0.3, -0.25) is 4.79 Å². The molecule has 1 saturated heterocycles. The van der Waals surface area contributed by atoms with Crippen molar-refractivity contribution in [3.63, 3.8) is 0 Å². The molecule has 10 heteroatoms. The van der Waals surface area contributed by atoms with E-state index in [-0.39, 0.29) is 21.8 Å². The molecule has 2 heterocycles. The zero-order valence-corrected chi connectivity index (χ0v) is 20.4. The molecule has 178 valence electrons. The van der Waals surface area contributed by atoms with Crippen molar-refractivity contribution in [2.24, 2.45) is 0 Å². The second kappa shape index (κ2) is 9.61. The molecule has 1 aromatic heterocycles. The van der Waals surface area contributed by atoms with Crippen LogP contribution in [0.15, 0.2) is 57.0 Å². The van der Waals surface area contributed by atoms with Crippen LogP contribution in [-0.4, -0.2) is 60.3 Å². The van der Waals surface area contributed by atoms with Crippen molar-refractivity contribution in [3.05, 3.63) is 59.2 Å². The molecule has 1 aliphatic carbocycles. The summed E-state index contributed by atoms with van der Waals surface area (Å²) in [6.45, 7) is 3.23. The van der Waals surface area contributed by atoms with E-state index in [0.29, 0.717) is 37.4 Å². The van der Waals surface area contributed by atoms with Gasteiger partial charge in [0, 0.05) is 24.2 Å². The molecule has 34 heavy (non-hydrogen) atoms. The van der Waals surface area contributed by atoms with Gasteiger partial charge < -0.3 is 9.15 Å².